The molecule has 8 heteroatoms. The second-order valence-corrected chi connectivity index (χ2v) is 7.00. The van der Waals surface area contributed by atoms with Crippen molar-refractivity contribution in [2.75, 3.05) is 18.8 Å². The number of amides is 1. The third kappa shape index (κ3) is 3.28. The number of carbonyl (C=O) groups is 1. The summed E-state index contributed by atoms with van der Waals surface area (Å²) >= 11 is 0. The Bertz CT molecular complexity index is 1040. The smallest absolute Gasteiger partial charge is 0.350 e. The molecule has 1 amide bonds. The highest BCUT2D eigenvalue weighted by Crippen LogP contribution is 2.27. The number of benzene rings is 1. The zero-order valence-electron chi connectivity index (χ0n) is 15.7. The highest BCUT2D eigenvalue weighted by molar-refractivity contribution is 5.94. The van der Waals surface area contributed by atoms with E-state index in [1.54, 1.807) is 28.6 Å². The summed E-state index contributed by atoms with van der Waals surface area (Å²) in [6, 6.07) is 12.8. The summed E-state index contributed by atoms with van der Waals surface area (Å²) in [5, 5.41) is 4.49. The van der Waals surface area contributed by atoms with Crippen molar-refractivity contribution in [3.8, 4) is 5.69 Å². The van der Waals surface area contributed by atoms with Gasteiger partial charge in [-0.25, -0.2) is 19.0 Å². The van der Waals surface area contributed by atoms with E-state index in [0.29, 0.717) is 30.3 Å². The Morgan fingerprint density at radius 2 is 1.96 bits per heavy atom. The molecule has 0 unspecified atom stereocenters. The van der Waals surface area contributed by atoms with E-state index in [0.717, 1.165) is 18.5 Å². The molecule has 144 valence electrons. The van der Waals surface area contributed by atoms with E-state index in [4.69, 9.17) is 5.73 Å². The summed E-state index contributed by atoms with van der Waals surface area (Å²) in [5.41, 5.74) is 6.72. The van der Waals surface area contributed by atoms with Gasteiger partial charge in [-0.2, -0.15) is 5.10 Å². The van der Waals surface area contributed by atoms with Crippen LogP contribution in [0.3, 0.4) is 0 Å². The lowest BCUT2D eigenvalue weighted by molar-refractivity contribution is 0.0703. The summed E-state index contributed by atoms with van der Waals surface area (Å²) in [6.45, 7) is 1.18. The van der Waals surface area contributed by atoms with Gasteiger partial charge in [0.1, 0.15) is 11.6 Å². The standard InChI is InChI=1S/C20H22N6O2/c1-24-20(28)26(16-7-3-2-4-8-16)18(23-24)15-6-5-11-25(13-15)19(27)14-9-10-17(21)22-12-14/h2-4,7-10,12,15H,5-6,11,13H2,1H3,(H2,21,22)/t15-/m0/s1. The molecule has 0 spiro atoms. The predicted molar refractivity (Wildman–Crippen MR) is 105 cm³/mol. The fourth-order valence-corrected chi connectivity index (χ4v) is 3.65. The van der Waals surface area contributed by atoms with Crippen LogP contribution in [0.5, 0.6) is 0 Å². The maximum Gasteiger partial charge on any atom is 0.350 e. The minimum atomic E-state index is -0.188. The predicted octanol–water partition coefficient (Wildman–Crippen LogP) is 1.57. The highest BCUT2D eigenvalue weighted by Gasteiger charge is 2.30. The van der Waals surface area contributed by atoms with Gasteiger partial charge in [0, 0.05) is 32.3 Å². The fourth-order valence-electron chi connectivity index (χ4n) is 3.65. The average Bonchev–Trinajstić information content (AvgIpc) is 3.03. The van der Waals surface area contributed by atoms with Crippen molar-refractivity contribution in [1.29, 1.82) is 0 Å². The van der Waals surface area contributed by atoms with Crippen molar-refractivity contribution in [3.05, 3.63) is 70.5 Å². The normalized spacial score (nSPS) is 16.9. The van der Waals surface area contributed by atoms with Gasteiger partial charge in [0.25, 0.3) is 5.91 Å². The first-order valence-electron chi connectivity index (χ1n) is 9.27. The Morgan fingerprint density at radius 1 is 1.18 bits per heavy atom. The first-order valence-corrected chi connectivity index (χ1v) is 9.27. The van der Waals surface area contributed by atoms with Gasteiger partial charge < -0.3 is 10.6 Å². The molecule has 1 saturated heterocycles. The molecule has 1 aliphatic rings. The van der Waals surface area contributed by atoms with Gasteiger partial charge in [0.05, 0.1) is 11.3 Å². The van der Waals surface area contributed by atoms with Crippen LogP contribution in [-0.2, 0) is 7.05 Å². The first-order chi connectivity index (χ1) is 13.5. The molecule has 2 N–H and O–H groups in total. The van der Waals surface area contributed by atoms with Gasteiger partial charge in [-0.3, -0.25) is 4.79 Å². The number of para-hydroxylation sites is 1. The summed E-state index contributed by atoms with van der Waals surface area (Å²) in [6.07, 6.45) is 3.22. The molecule has 28 heavy (non-hydrogen) atoms. The van der Waals surface area contributed by atoms with Gasteiger partial charge in [-0.15, -0.1) is 0 Å². The van der Waals surface area contributed by atoms with Gasteiger partial charge in [-0.1, -0.05) is 18.2 Å². The fraction of sp³-hybridized carbons (Fsp3) is 0.300. The zero-order valence-corrected chi connectivity index (χ0v) is 15.7. The molecule has 0 radical (unpaired) electrons. The van der Waals surface area contributed by atoms with E-state index in [1.165, 1.54) is 10.9 Å². The maximum atomic E-state index is 12.9. The number of anilines is 1. The van der Waals surface area contributed by atoms with Crippen molar-refractivity contribution < 1.29 is 4.79 Å². The summed E-state index contributed by atoms with van der Waals surface area (Å²) in [4.78, 5) is 31.3. The molecule has 0 aliphatic carbocycles. The number of nitrogen functional groups attached to an aromatic ring is 1. The van der Waals surface area contributed by atoms with E-state index in [1.807, 2.05) is 30.3 Å². The summed E-state index contributed by atoms with van der Waals surface area (Å²) in [7, 11) is 1.65. The van der Waals surface area contributed by atoms with Crippen molar-refractivity contribution in [3.63, 3.8) is 0 Å². The molecule has 2 aromatic heterocycles. The number of rotatable bonds is 3. The molecule has 1 fully saturated rings. The van der Waals surface area contributed by atoms with E-state index >= 15 is 0 Å². The number of pyridine rings is 1. The number of aromatic nitrogens is 4. The monoisotopic (exact) mass is 378 g/mol. The third-order valence-corrected chi connectivity index (χ3v) is 5.07. The molecule has 0 bridgehead atoms. The minimum absolute atomic E-state index is 0.0199. The van der Waals surface area contributed by atoms with Crippen LogP contribution in [0.2, 0.25) is 0 Å². The van der Waals surface area contributed by atoms with Crippen LogP contribution in [0.4, 0.5) is 5.82 Å². The Labute approximate surface area is 162 Å². The number of hydrogen-bond donors (Lipinski definition) is 1. The van der Waals surface area contributed by atoms with Gasteiger partial charge >= 0.3 is 5.69 Å². The van der Waals surface area contributed by atoms with Gasteiger partial charge in [0.2, 0.25) is 0 Å². The second kappa shape index (κ2) is 7.30. The molecule has 3 aromatic rings. The second-order valence-electron chi connectivity index (χ2n) is 7.00. The van der Waals surface area contributed by atoms with E-state index in [9.17, 15) is 9.59 Å². The van der Waals surface area contributed by atoms with Crippen LogP contribution < -0.4 is 11.4 Å². The molecule has 1 aliphatic heterocycles. The van der Waals surface area contributed by atoms with Crippen molar-refractivity contribution in [1.82, 2.24) is 24.2 Å². The van der Waals surface area contributed by atoms with E-state index in [-0.39, 0.29) is 17.5 Å². The minimum Gasteiger partial charge on any atom is -0.384 e. The number of likely N-dealkylation sites (tertiary alicyclic amines) is 1. The van der Waals surface area contributed by atoms with Gasteiger partial charge in [-0.05, 0) is 37.1 Å². The van der Waals surface area contributed by atoms with Crippen LogP contribution in [0, 0.1) is 0 Å². The maximum absolute atomic E-state index is 12.9. The molecule has 1 atom stereocenters. The Hall–Kier alpha value is -3.42. The molecular formula is C20H22N6O2. The largest absolute Gasteiger partial charge is 0.384 e. The van der Waals surface area contributed by atoms with Crippen LogP contribution in [0.1, 0.15) is 34.9 Å². The summed E-state index contributed by atoms with van der Waals surface area (Å²) < 4.78 is 3.00. The lowest BCUT2D eigenvalue weighted by Crippen LogP contribution is -2.40. The van der Waals surface area contributed by atoms with Crippen molar-refractivity contribution >= 4 is 11.7 Å². The lowest BCUT2D eigenvalue weighted by Gasteiger charge is -2.32. The number of nitrogens with two attached hydrogens (primary N) is 1. The SMILES string of the molecule is Cn1nc([C@H]2CCCN(C(=O)c3ccc(N)nc3)C2)n(-c2ccccc2)c1=O. The van der Waals surface area contributed by atoms with Crippen LogP contribution >= 0.6 is 0 Å². The topological polar surface area (TPSA) is 99.0 Å². The van der Waals surface area contributed by atoms with Crippen molar-refractivity contribution in [2.45, 2.75) is 18.8 Å². The van der Waals surface area contributed by atoms with E-state index in [2.05, 4.69) is 10.1 Å². The molecular weight excluding hydrogens is 356 g/mol. The van der Waals surface area contributed by atoms with E-state index < -0.39 is 0 Å². The van der Waals surface area contributed by atoms with Crippen LogP contribution in [0.15, 0.2) is 53.5 Å². The number of aryl methyl sites for hydroxylation is 1. The Morgan fingerprint density at radius 3 is 2.68 bits per heavy atom. The van der Waals surface area contributed by atoms with Crippen molar-refractivity contribution in [2.24, 2.45) is 7.05 Å². The quantitative estimate of drug-likeness (QED) is 0.746. The Balaban J connectivity index is 1.64. The van der Waals surface area contributed by atoms with Crippen LogP contribution in [-0.4, -0.2) is 43.2 Å². The first kappa shape index (κ1) is 18.0. The Kier molecular flexibility index (Phi) is 4.68. The third-order valence-electron chi connectivity index (χ3n) is 5.07. The molecule has 8 nitrogen and oxygen atoms in total. The average molecular weight is 378 g/mol. The molecule has 1 aromatic carbocycles. The zero-order chi connectivity index (χ0) is 19.7. The van der Waals surface area contributed by atoms with Gasteiger partial charge in [0.15, 0.2) is 0 Å². The molecule has 4 rings (SSSR count). The molecule has 0 saturated carbocycles. The van der Waals surface area contributed by atoms with Crippen LogP contribution in [0.25, 0.3) is 5.69 Å². The molecule has 3 heterocycles. The number of nitrogens with zero attached hydrogens (tertiary/aromatic N) is 5. The number of carbonyl (C=O) groups excluding carboxylic acids is 1. The number of piperidine rings is 1. The number of hydrogen-bond acceptors (Lipinski definition) is 5. The highest BCUT2D eigenvalue weighted by atomic mass is 16.2. The lowest BCUT2D eigenvalue weighted by atomic mass is 9.96. The summed E-state index contributed by atoms with van der Waals surface area (Å²) in [5.74, 6) is 0.968.